The van der Waals surface area contributed by atoms with E-state index in [1.165, 1.54) is 6.33 Å². The van der Waals surface area contributed by atoms with E-state index in [1.807, 2.05) is 28.9 Å². The zero-order valence-electron chi connectivity index (χ0n) is 13.9. The molecule has 0 saturated heterocycles. The van der Waals surface area contributed by atoms with E-state index in [1.54, 1.807) is 6.26 Å². The number of hydrogen-bond acceptors (Lipinski definition) is 5. The molecular weight excluding hydrogens is 302 g/mol. The van der Waals surface area contributed by atoms with E-state index in [0.717, 1.165) is 33.3 Å². The van der Waals surface area contributed by atoms with Crippen LogP contribution in [0.5, 0.6) is 0 Å². The third-order valence-corrected chi connectivity index (χ3v) is 4.12. The maximum absolute atomic E-state index is 6.13. The fourth-order valence-electron chi connectivity index (χ4n) is 3.01. The summed E-state index contributed by atoms with van der Waals surface area (Å²) in [5.74, 6) is 0.456. The summed E-state index contributed by atoms with van der Waals surface area (Å²) in [5, 5.41) is 6.70. The smallest absolute Gasteiger partial charge is 0.164 e. The van der Waals surface area contributed by atoms with Crippen LogP contribution in [0, 0.1) is 0 Å². The minimum absolute atomic E-state index is 0.200. The Balaban J connectivity index is 1.92. The Hall–Kier alpha value is -2.89. The van der Waals surface area contributed by atoms with Gasteiger partial charge in [-0.2, -0.15) is 5.10 Å². The number of benzene rings is 1. The average Bonchev–Trinajstić information content (AvgIpc) is 3.13. The van der Waals surface area contributed by atoms with Gasteiger partial charge in [-0.15, -0.1) is 0 Å². The minimum Gasteiger partial charge on any atom is -0.464 e. The van der Waals surface area contributed by atoms with Crippen LogP contribution in [0.25, 0.3) is 22.0 Å². The fraction of sp³-hybridized carbons (Fsp3) is 0.278. The minimum atomic E-state index is -0.200. The quantitative estimate of drug-likeness (QED) is 0.611. The molecule has 4 aromatic rings. The predicted molar refractivity (Wildman–Crippen MR) is 93.8 cm³/mol. The molecule has 0 amide bonds. The van der Waals surface area contributed by atoms with Crippen LogP contribution in [-0.4, -0.2) is 19.7 Å². The van der Waals surface area contributed by atoms with Gasteiger partial charge >= 0.3 is 0 Å². The van der Waals surface area contributed by atoms with Gasteiger partial charge in [0.25, 0.3) is 0 Å². The third-order valence-electron chi connectivity index (χ3n) is 4.12. The Labute approximate surface area is 139 Å². The Kier molecular flexibility index (Phi) is 3.09. The number of hydrogen-bond donors (Lipinski definition) is 1. The van der Waals surface area contributed by atoms with Crippen molar-refractivity contribution in [2.75, 3.05) is 5.73 Å². The number of aromatic nitrogens is 4. The molecule has 24 heavy (non-hydrogen) atoms. The highest BCUT2D eigenvalue weighted by Gasteiger charge is 2.23. The van der Waals surface area contributed by atoms with E-state index >= 15 is 0 Å². The normalized spacial score (nSPS) is 12.3. The van der Waals surface area contributed by atoms with E-state index in [2.05, 4.69) is 30.7 Å². The van der Waals surface area contributed by atoms with Crippen molar-refractivity contribution in [1.29, 1.82) is 0 Å². The molecule has 1 aromatic carbocycles. The zero-order valence-corrected chi connectivity index (χ0v) is 13.9. The van der Waals surface area contributed by atoms with Crippen molar-refractivity contribution in [2.24, 2.45) is 0 Å². The number of nitrogen functional groups attached to an aromatic ring is 1. The van der Waals surface area contributed by atoms with Gasteiger partial charge in [-0.3, -0.25) is 0 Å². The second kappa shape index (κ2) is 5.06. The summed E-state index contributed by atoms with van der Waals surface area (Å²) in [6.07, 6.45) is 3.80. The first kappa shape index (κ1) is 14.7. The van der Waals surface area contributed by atoms with Gasteiger partial charge in [0.1, 0.15) is 17.7 Å². The molecule has 6 heteroatoms. The molecule has 0 atom stereocenters. The van der Waals surface area contributed by atoms with Crippen molar-refractivity contribution in [3.63, 3.8) is 0 Å². The van der Waals surface area contributed by atoms with E-state index in [9.17, 15) is 0 Å². The Morgan fingerprint density at radius 2 is 2.00 bits per heavy atom. The summed E-state index contributed by atoms with van der Waals surface area (Å²) in [6.45, 7) is 6.28. The van der Waals surface area contributed by atoms with Crippen LogP contribution in [-0.2, 0) is 12.0 Å². The maximum Gasteiger partial charge on any atom is 0.164 e. The van der Waals surface area contributed by atoms with Crippen LogP contribution >= 0.6 is 0 Å². The Morgan fingerprint density at radius 1 is 1.17 bits per heavy atom. The number of nitrogens with zero attached hydrogens (tertiary/aromatic N) is 4. The molecular formula is C18H19N5O. The van der Waals surface area contributed by atoms with Crippen LogP contribution in [0.2, 0.25) is 0 Å². The van der Waals surface area contributed by atoms with Crippen LogP contribution in [0.4, 0.5) is 5.82 Å². The first-order valence-corrected chi connectivity index (χ1v) is 7.89. The summed E-state index contributed by atoms with van der Waals surface area (Å²) in [4.78, 5) is 8.56. The number of para-hydroxylation sites is 1. The first-order chi connectivity index (χ1) is 11.4. The molecule has 0 aliphatic rings. The summed E-state index contributed by atoms with van der Waals surface area (Å²) in [6, 6.07) is 8.07. The molecule has 2 N–H and O–H groups in total. The predicted octanol–water partition coefficient (Wildman–Crippen LogP) is 3.50. The number of anilines is 1. The lowest BCUT2D eigenvalue weighted by atomic mass is 10.1. The highest BCUT2D eigenvalue weighted by atomic mass is 16.3. The lowest BCUT2D eigenvalue weighted by Crippen LogP contribution is -2.23. The van der Waals surface area contributed by atoms with Crippen LogP contribution in [0.15, 0.2) is 41.3 Å². The van der Waals surface area contributed by atoms with Gasteiger partial charge in [0.05, 0.1) is 22.9 Å². The summed E-state index contributed by atoms with van der Waals surface area (Å²) in [5.41, 5.74) is 9.51. The molecule has 4 rings (SSSR count). The molecule has 0 bridgehead atoms. The molecule has 0 unspecified atom stereocenters. The third kappa shape index (κ3) is 2.22. The van der Waals surface area contributed by atoms with Crippen molar-refractivity contribution < 1.29 is 4.42 Å². The highest BCUT2D eigenvalue weighted by Crippen LogP contribution is 2.29. The van der Waals surface area contributed by atoms with Gasteiger partial charge in [-0.05, 0) is 26.8 Å². The first-order valence-electron chi connectivity index (χ1n) is 7.89. The molecule has 6 nitrogen and oxygen atoms in total. The number of nitrogens with two attached hydrogens (primary N) is 1. The highest BCUT2D eigenvalue weighted by molar-refractivity contribution is 5.89. The van der Waals surface area contributed by atoms with E-state index < -0.39 is 0 Å². The molecule has 0 saturated carbocycles. The van der Waals surface area contributed by atoms with Gasteiger partial charge in [-0.1, -0.05) is 18.2 Å². The standard InChI is InChI=1S/C18H19N5O/c1-18(2,3)23-17-14(16(19)20-10-21-17)13(22-23)9-12-6-4-5-11-7-8-24-15(11)12/h4-8,10H,9H2,1-3H3,(H2,19,20,21). The molecule has 0 aliphatic carbocycles. The maximum atomic E-state index is 6.13. The number of furan rings is 1. The average molecular weight is 321 g/mol. The van der Waals surface area contributed by atoms with Crippen molar-refractivity contribution >= 4 is 27.8 Å². The largest absolute Gasteiger partial charge is 0.464 e. The van der Waals surface area contributed by atoms with E-state index in [-0.39, 0.29) is 5.54 Å². The van der Waals surface area contributed by atoms with Crippen molar-refractivity contribution in [1.82, 2.24) is 19.7 Å². The van der Waals surface area contributed by atoms with Crippen LogP contribution < -0.4 is 5.73 Å². The zero-order chi connectivity index (χ0) is 16.9. The van der Waals surface area contributed by atoms with Crippen LogP contribution in [0.1, 0.15) is 32.0 Å². The lowest BCUT2D eigenvalue weighted by Gasteiger charge is -2.19. The molecule has 3 heterocycles. The van der Waals surface area contributed by atoms with Crippen LogP contribution in [0.3, 0.4) is 0 Å². The van der Waals surface area contributed by atoms with Gasteiger partial charge in [-0.25, -0.2) is 14.6 Å². The Bertz CT molecular complexity index is 1040. The van der Waals surface area contributed by atoms with Crippen molar-refractivity contribution in [3.8, 4) is 0 Å². The van der Waals surface area contributed by atoms with E-state index in [4.69, 9.17) is 15.2 Å². The monoisotopic (exact) mass is 321 g/mol. The molecule has 3 aromatic heterocycles. The summed E-state index contributed by atoms with van der Waals surface area (Å²) < 4.78 is 7.56. The molecule has 122 valence electrons. The van der Waals surface area contributed by atoms with Gasteiger partial charge in [0, 0.05) is 17.4 Å². The molecule has 0 aliphatic heterocycles. The SMILES string of the molecule is CC(C)(C)n1nc(Cc2cccc3ccoc23)c2c(N)ncnc21. The molecule has 0 radical (unpaired) electrons. The topological polar surface area (TPSA) is 82.8 Å². The summed E-state index contributed by atoms with van der Waals surface area (Å²) in [7, 11) is 0. The van der Waals surface area contributed by atoms with Crippen molar-refractivity contribution in [2.45, 2.75) is 32.7 Å². The number of rotatable bonds is 2. The van der Waals surface area contributed by atoms with Gasteiger partial charge in [0.15, 0.2) is 5.65 Å². The second-order valence-corrected chi connectivity index (χ2v) is 6.92. The van der Waals surface area contributed by atoms with Gasteiger partial charge < -0.3 is 10.2 Å². The molecule has 0 fully saturated rings. The fourth-order valence-corrected chi connectivity index (χ4v) is 3.01. The second-order valence-electron chi connectivity index (χ2n) is 6.92. The lowest BCUT2D eigenvalue weighted by molar-refractivity contribution is 0.363. The number of fused-ring (bicyclic) bond motifs is 2. The van der Waals surface area contributed by atoms with Crippen molar-refractivity contribution in [3.05, 3.63) is 48.1 Å². The summed E-state index contributed by atoms with van der Waals surface area (Å²) >= 11 is 0. The Morgan fingerprint density at radius 3 is 2.79 bits per heavy atom. The van der Waals surface area contributed by atoms with E-state index in [0.29, 0.717) is 12.2 Å². The molecule has 0 spiro atoms. The van der Waals surface area contributed by atoms with Gasteiger partial charge in [0.2, 0.25) is 0 Å².